The van der Waals surface area contributed by atoms with Crippen molar-refractivity contribution in [2.75, 3.05) is 10.5 Å². The Kier molecular flexibility index (Phi) is 5.45. The van der Waals surface area contributed by atoms with Crippen LogP contribution in [0, 0.1) is 0 Å². The summed E-state index contributed by atoms with van der Waals surface area (Å²) in [5, 5.41) is 0. The number of thiazole rings is 1. The van der Waals surface area contributed by atoms with Crippen molar-refractivity contribution in [2.45, 2.75) is 36.6 Å². The van der Waals surface area contributed by atoms with Gasteiger partial charge in [0.1, 0.15) is 0 Å². The van der Waals surface area contributed by atoms with Gasteiger partial charge < -0.3 is 0 Å². The summed E-state index contributed by atoms with van der Waals surface area (Å²) in [4.78, 5) is 13.1. The fourth-order valence-electron chi connectivity index (χ4n) is 2.71. The Balaban J connectivity index is 2.01. The van der Waals surface area contributed by atoms with Crippen LogP contribution in [0.15, 0.2) is 57.1 Å². The van der Waals surface area contributed by atoms with Crippen LogP contribution in [0.2, 0.25) is 0 Å². The highest BCUT2D eigenvalue weighted by Gasteiger charge is 2.19. The van der Waals surface area contributed by atoms with Crippen LogP contribution in [0.25, 0.3) is 10.2 Å². The van der Waals surface area contributed by atoms with E-state index >= 15 is 0 Å². The first-order valence-corrected chi connectivity index (χ1v) is 11.5. The molecule has 138 valence electrons. The SMILES string of the molecule is CCSc1ccccc1NS(=O)(=O)c1ccc2c(c1)sc(=O)n2C(C)C. The van der Waals surface area contributed by atoms with Crippen molar-refractivity contribution >= 4 is 49.0 Å². The van der Waals surface area contributed by atoms with E-state index in [0.29, 0.717) is 10.4 Å². The second-order valence-corrected chi connectivity index (χ2v) is 9.98. The summed E-state index contributed by atoms with van der Waals surface area (Å²) >= 11 is 2.65. The van der Waals surface area contributed by atoms with Gasteiger partial charge >= 0.3 is 4.87 Å². The second-order valence-electron chi connectivity index (χ2n) is 6.00. The minimum absolute atomic E-state index is 0.0229. The molecule has 5 nitrogen and oxygen atoms in total. The molecule has 2 aromatic carbocycles. The number of rotatable bonds is 6. The number of nitrogens with zero attached hydrogens (tertiary/aromatic N) is 1. The molecule has 3 aromatic rings. The summed E-state index contributed by atoms with van der Waals surface area (Å²) in [6.07, 6.45) is 0. The van der Waals surface area contributed by atoms with Gasteiger partial charge in [-0.2, -0.15) is 0 Å². The molecule has 8 heteroatoms. The third kappa shape index (κ3) is 3.67. The van der Waals surface area contributed by atoms with Crippen molar-refractivity contribution in [1.82, 2.24) is 4.57 Å². The van der Waals surface area contributed by atoms with Crippen LogP contribution >= 0.6 is 23.1 Å². The number of nitrogens with one attached hydrogen (secondary N) is 1. The second kappa shape index (κ2) is 7.46. The smallest absolute Gasteiger partial charge is 0.296 e. The molecule has 0 saturated heterocycles. The minimum atomic E-state index is -3.74. The molecule has 0 amide bonds. The third-order valence-electron chi connectivity index (χ3n) is 3.84. The van der Waals surface area contributed by atoms with Crippen molar-refractivity contribution in [2.24, 2.45) is 0 Å². The van der Waals surface area contributed by atoms with Crippen LogP contribution in [0.4, 0.5) is 5.69 Å². The predicted octanol–water partition coefficient (Wildman–Crippen LogP) is 4.56. The lowest BCUT2D eigenvalue weighted by molar-refractivity contribution is 0.601. The third-order valence-corrected chi connectivity index (χ3v) is 7.08. The Bertz CT molecular complexity index is 1100. The molecular weight excluding hydrogens is 388 g/mol. The standard InChI is InChI=1S/C18H20N2O3S3/c1-4-24-16-8-6-5-7-14(16)19-26(22,23)13-9-10-15-17(11-13)25-18(21)20(15)12(2)3/h5-12,19H,4H2,1-3H3. The predicted molar refractivity (Wildman–Crippen MR) is 110 cm³/mol. The summed E-state index contributed by atoms with van der Waals surface area (Å²) in [5.41, 5.74) is 1.32. The van der Waals surface area contributed by atoms with Gasteiger partial charge in [0.15, 0.2) is 0 Å². The van der Waals surface area contributed by atoms with Crippen LogP contribution < -0.4 is 9.60 Å². The fourth-order valence-corrected chi connectivity index (χ4v) is 5.77. The van der Waals surface area contributed by atoms with Crippen molar-refractivity contribution in [3.63, 3.8) is 0 Å². The van der Waals surface area contributed by atoms with E-state index in [-0.39, 0.29) is 15.8 Å². The number of para-hydroxylation sites is 1. The maximum Gasteiger partial charge on any atom is 0.308 e. The number of benzene rings is 2. The van der Waals surface area contributed by atoms with Crippen molar-refractivity contribution in [3.8, 4) is 0 Å². The van der Waals surface area contributed by atoms with Gasteiger partial charge in [-0.15, -0.1) is 11.8 Å². The van der Waals surface area contributed by atoms with Gasteiger partial charge in [0.2, 0.25) is 0 Å². The number of hydrogen-bond acceptors (Lipinski definition) is 5. The van der Waals surface area contributed by atoms with E-state index in [9.17, 15) is 13.2 Å². The van der Waals surface area contributed by atoms with Gasteiger partial charge in [-0.05, 0) is 49.9 Å². The largest absolute Gasteiger partial charge is 0.308 e. The van der Waals surface area contributed by atoms with Gasteiger partial charge in [0.25, 0.3) is 10.0 Å². The Labute approximate surface area is 161 Å². The highest BCUT2D eigenvalue weighted by molar-refractivity contribution is 7.99. The molecule has 0 saturated carbocycles. The molecule has 26 heavy (non-hydrogen) atoms. The molecule has 0 spiro atoms. The maximum absolute atomic E-state index is 12.8. The van der Waals surface area contributed by atoms with E-state index in [1.165, 1.54) is 0 Å². The zero-order valence-electron chi connectivity index (χ0n) is 14.7. The topological polar surface area (TPSA) is 68.2 Å². The first-order chi connectivity index (χ1) is 12.3. The van der Waals surface area contributed by atoms with Gasteiger partial charge in [0, 0.05) is 10.9 Å². The maximum atomic E-state index is 12.8. The van der Waals surface area contributed by atoms with Crippen LogP contribution in [0.1, 0.15) is 26.8 Å². The summed E-state index contributed by atoms with van der Waals surface area (Å²) in [6.45, 7) is 5.88. The Morgan fingerprint density at radius 3 is 2.62 bits per heavy atom. The summed E-state index contributed by atoms with van der Waals surface area (Å²) < 4.78 is 30.7. The molecule has 1 heterocycles. The van der Waals surface area contributed by atoms with E-state index in [1.807, 2.05) is 32.9 Å². The van der Waals surface area contributed by atoms with Gasteiger partial charge in [0.05, 0.1) is 20.8 Å². The van der Waals surface area contributed by atoms with Crippen LogP contribution in [-0.2, 0) is 10.0 Å². The highest BCUT2D eigenvalue weighted by Crippen LogP contribution is 2.30. The number of sulfonamides is 1. The highest BCUT2D eigenvalue weighted by atomic mass is 32.2. The zero-order chi connectivity index (χ0) is 18.9. The van der Waals surface area contributed by atoms with E-state index < -0.39 is 10.0 Å². The summed E-state index contributed by atoms with van der Waals surface area (Å²) in [7, 11) is -3.74. The van der Waals surface area contributed by atoms with Gasteiger partial charge in [-0.3, -0.25) is 14.1 Å². The number of hydrogen-bond donors (Lipinski definition) is 1. The van der Waals surface area contributed by atoms with Gasteiger partial charge in [-0.1, -0.05) is 30.4 Å². The molecule has 0 aliphatic rings. The van der Waals surface area contributed by atoms with E-state index in [4.69, 9.17) is 0 Å². The first kappa shape index (κ1) is 19.0. The molecule has 0 bridgehead atoms. The molecule has 0 radical (unpaired) electrons. The molecule has 1 N–H and O–H groups in total. The average molecular weight is 409 g/mol. The lowest BCUT2D eigenvalue weighted by atomic mass is 10.3. The number of anilines is 1. The van der Waals surface area contributed by atoms with E-state index in [0.717, 1.165) is 27.5 Å². The molecule has 0 unspecified atom stereocenters. The van der Waals surface area contributed by atoms with Crippen LogP contribution in [-0.4, -0.2) is 18.7 Å². The van der Waals surface area contributed by atoms with Crippen molar-refractivity contribution < 1.29 is 8.42 Å². The van der Waals surface area contributed by atoms with Gasteiger partial charge in [-0.25, -0.2) is 8.42 Å². The average Bonchev–Trinajstić information content (AvgIpc) is 2.91. The molecular formula is C18H20N2O3S3. The van der Waals surface area contributed by atoms with E-state index in [2.05, 4.69) is 4.72 Å². The molecule has 0 aliphatic carbocycles. The molecule has 1 aromatic heterocycles. The Morgan fingerprint density at radius 1 is 1.19 bits per heavy atom. The monoisotopic (exact) mass is 408 g/mol. The fraction of sp³-hybridized carbons (Fsp3) is 0.278. The Hall–Kier alpha value is -1.77. The summed E-state index contributed by atoms with van der Waals surface area (Å²) in [5.74, 6) is 0.849. The molecule has 0 fully saturated rings. The minimum Gasteiger partial charge on any atom is -0.296 e. The molecule has 3 rings (SSSR count). The van der Waals surface area contributed by atoms with Crippen LogP contribution in [0.5, 0.6) is 0 Å². The quantitative estimate of drug-likeness (QED) is 0.607. The van der Waals surface area contributed by atoms with Crippen molar-refractivity contribution in [1.29, 1.82) is 0 Å². The van der Waals surface area contributed by atoms with Crippen molar-refractivity contribution in [3.05, 3.63) is 52.1 Å². The lowest BCUT2D eigenvalue weighted by Crippen LogP contribution is -2.15. The first-order valence-electron chi connectivity index (χ1n) is 8.23. The summed E-state index contributed by atoms with van der Waals surface area (Å²) in [6, 6.07) is 12.2. The molecule has 0 aliphatic heterocycles. The van der Waals surface area contributed by atoms with Crippen LogP contribution in [0.3, 0.4) is 0 Å². The lowest BCUT2D eigenvalue weighted by Gasteiger charge is -2.12. The Morgan fingerprint density at radius 2 is 1.92 bits per heavy atom. The zero-order valence-corrected chi connectivity index (χ0v) is 17.2. The molecule has 0 atom stereocenters. The van der Waals surface area contributed by atoms with E-state index in [1.54, 1.807) is 46.7 Å². The normalized spacial score (nSPS) is 12.0. The number of fused-ring (bicyclic) bond motifs is 1. The number of aromatic nitrogens is 1. The number of thioether (sulfide) groups is 1.